The molecule has 0 fully saturated rings. The smallest absolute Gasteiger partial charge is 0.423 e. The van der Waals surface area contributed by atoms with Gasteiger partial charge in [-0.15, -0.1) is 12.4 Å². The van der Waals surface area contributed by atoms with E-state index in [9.17, 15) is 5.02 Å². The molecule has 1 aromatic rings. The summed E-state index contributed by atoms with van der Waals surface area (Å²) in [6.45, 7) is 4.66. The van der Waals surface area contributed by atoms with Crippen LogP contribution < -0.4 is 11.2 Å². The molecule has 17 heavy (non-hydrogen) atoms. The van der Waals surface area contributed by atoms with Crippen LogP contribution in [0.25, 0.3) is 0 Å². The van der Waals surface area contributed by atoms with Gasteiger partial charge in [-0.25, -0.2) is 0 Å². The van der Waals surface area contributed by atoms with Crippen molar-refractivity contribution in [1.82, 2.24) is 0 Å². The standard InChI is InChI=1S/C12H18BNO2.ClH/c1-3-12(4-2)10-6-5-9(8-14)7-11(10)13(15)16-12;/h5-7,15H,3-4,8,14H2,1-2H3;1H. The summed E-state index contributed by atoms with van der Waals surface area (Å²) in [5.41, 5.74) is 8.31. The molecule has 2 rings (SSSR count). The van der Waals surface area contributed by atoms with E-state index < -0.39 is 7.12 Å². The summed E-state index contributed by atoms with van der Waals surface area (Å²) >= 11 is 0. The first-order chi connectivity index (χ1) is 7.66. The average Bonchev–Trinajstić information content (AvgIpc) is 2.62. The predicted octanol–water partition coefficient (Wildman–Crippen LogP) is 1.30. The van der Waals surface area contributed by atoms with Crippen molar-refractivity contribution in [2.45, 2.75) is 38.8 Å². The number of halogens is 1. The van der Waals surface area contributed by atoms with Crippen LogP contribution in [-0.4, -0.2) is 12.1 Å². The maximum absolute atomic E-state index is 9.94. The van der Waals surface area contributed by atoms with Crippen LogP contribution in [-0.2, 0) is 16.8 Å². The van der Waals surface area contributed by atoms with E-state index in [1.165, 1.54) is 0 Å². The quantitative estimate of drug-likeness (QED) is 0.801. The molecule has 3 nitrogen and oxygen atoms in total. The van der Waals surface area contributed by atoms with Gasteiger partial charge in [0, 0.05) is 6.54 Å². The van der Waals surface area contributed by atoms with E-state index in [0.717, 1.165) is 29.4 Å². The molecule has 0 unspecified atom stereocenters. The topological polar surface area (TPSA) is 55.5 Å². The van der Waals surface area contributed by atoms with Crippen molar-refractivity contribution < 1.29 is 9.68 Å². The van der Waals surface area contributed by atoms with E-state index in [2.05, 4.69) is 13.8 Å². The molecule has 0 spiro atoms. The van der Waals surface area contributed by atoms with E-state index in [-0.39, 0.29) is 18.0 Å². The van der Waals surface area contributed by atoms with Gasteiger partial charge in [0.2, 0.25) is 0 Å². The van der Waals surface area contributed by atoms with Gasteiger partial charge in [-0.05, 0) is 29.4 Å². The third kappa shape index (κ3) is 2.23. The molecule has 0 aromatic heterocycles. The number of hydrogen-bond donors (Lipinski definition) is 2. The molecule has 0 saturated carbocycles. The SMILES string of the molecule is CCC1(CC)OB(O)c2cc(CN)ccc21.Cl. The van der Waals surface area contributed by atoms with E-state index in [1.807, 2.05) is 18.2 Å². The zero-order chi connectivity index (χ0) is 11.8. The molecule has 0 radical (unpaired) electrons. The molecule has 3 N–H and O–H groups in total. The molecular formula is C12H19BClNO2. The number of rotatable bonds is 3. The highest BCUT2D eigenvalue weighted by atomic mass is 35.5. The fraction of sp³-hybridized carbons (Fsp3) is 0.500. The maximum Gasteiger partial charge on any atom is 0.492 e. The van der Waals surface area contributed by atoms with Gasteiger partial charge in [-0.3, -0.25) is 0 Å². The highest BCUT2D eigenvalue weighted by molar-refractivity contribution is 6.62. The molecule has 1 aliphatic heterocycles. The van der Waals surface area contributed by atoms with Crippen LogP contribution in [0.15, 0.2) is 18.2 Å². The van der Waals surface area contributed by atoms with Gasteiger partial charge in [0.05, 0.1) is 5.60 Å². The lowest BCUT2D eigenvalue weighted by atomic mass is 9.76. The van der Waals surface area contributed by atoms with E-state index in [0.29, 0.717) is 6.54 Å². The van der Waals surface area contributed by atoms with Crippen molar-refractivity contribution >= 4 is 25.0 Å². The van der Waals surface area contributed by atoms with Crippen LogP contribution in [0, 0.1) is 0 Å². The lowest BCUT2D eigenvalue weighted by Gasteiger charge is -2.28. The average molecular weight is 256 g/mol. The van der Waals surface area contributed by atoms with Crippen LogP contribution >= 0.6 is 12.4 Å². The van der Waals surface area contributed by atoms with Crippen LogP contribution in [0.2, 0.25) is 0 Å². The second kappa shape index (κ2) is 5.40. The molecule has 1 heterocycles. The molecule has 0 saturated heterocycles. The zero-order valence-electron chi connectivity index (χ0n) is 10.3. The number of nitrogens with two attached hydrogens (primary N) is 1. The Hall–Kier alpha value is -0.545. The molecule has 0 bridgehead atoms. The molecule has 1 aliphatic rings. The summed E-state index contributed by atoms with van der Waals surface area (Å²) in [5.74, 6) is 0. The van der Waals surface area contributed by atoms with Crippen molar-refractivity contribution in [1.29, 1.82) is 0 Å². The van der Waals surface area contributed by atoms with Crippen molar-refractivity contribution in [3.63, 3.8) is 0 Å². The fourth-order valence-electron chi connectivity index (χ4n) is 2.50. The molecule has 1 aromatic carbocycles. The van der Waals surface area contributed by atoms with E-state index in [4.69, 9.17) is 10.4 Å². The second-order valence-electron chi connectivity index (χ2n) is 4.30. The maximum atomic E-state index is 9.94. The zero-order valence-corrected chi connectivity index (χ0v) is 11.1. The monoisotopic (exact) mass is 255 g/mol. The first-order valence-corrected chi connectivity index (χ1v) is 5.86. The van der Waals surface area contributed by atoms with E-state index >= 15 is 0 Å². The largest absolute Gasteiger partial charge is 0.492 e. The predicted molar refractivity (Wildman–Crippen MR) is 72.5 cm³/mol. The van der Waals surface area contributed by atoms with Crippen LogP contribution in [0.3, 0.4) is 0 Å². The number of benzene rings is 1. The minimum absolute atomic E-state index is 0. The normalized spacial score (nSPS) is 16.6. The molecule has 5 heteroatoms. The first-order valence-electron chi connectivity index (χ1n) is 5.86. The summed E-state index contributed by atoms with van der Waals surface area (Å²) in [5, 5.41) is 9.94. The van der Waals surface area contributed by atoms with Crippen molar-refractivity contribution in [2.24, 2.45) is 5.73 Å². The second-order valence-corrected chi connectivity index (χ2v) is 4.30. The Morgan fingerprint density at radius 1 is 1.35 bits per heavy atom. The van der Waals surface area contributed by atoms with Gasteiger partial charge in [0.25, 0.3) is 0 Å². The summed E-state index contributed by atoms with van der Waals surface area (Å²) in [6, 6.07) is 6.01. The minimum Gasteiger partial charge on any atom is -0.423 e. The minimum atomic E-state index is -0.804. The Bertz CT molecular complexity index is 396. The number of fused-ring (bicyclic) bond motifs is 1. The van der Waals surface area contributed by atoms with Gasteiger partial charge in [-0.2, -0.15) is 0 Å². The van der Waals surface area contributed by atoms with Gasteiger partial charge in [0.15, 0.2) is 0 Å². The highest BCUT2D eigenvalue weighted by Crippen LogP contribution is 2.37. The van der Waals surface area contributed by atoms with Gasteiger partial charge >= 0.3 is 7.12 Å². The van der Waals surface area contributed by atoms with Crippen molar-refractivity contribution in [2.75, 3.05) is 0 Å². The lowest BCUT2D eigenvalue weighted by molar-refractivity contribution is 0.0520. The third-order valence-electron chi connectivity index (χ3n) is 3.59. The van der Waals surface area contributed by atoms with Gasteiger partial charge in [-0.1, -0.05) is 32.0 Å². The molecule has 0 aliphatic carbocycles. The van der Waals surface area contributed by atoms with Crippen LogP contribution in [0.4, 0.5) is 0 Å². The van der Waals surface area contributed by atoms with Crippen molar-refractivity contribution in [3.05, 3.63) is 29.3 Å². The van der Waals surface area contributed by atoms with Crippen molar-refractivity contribution in [3.8, 4) is 0 Å². The number of hydrogen-bond acceptors (Lipinski definition) is 3. The molecular weight excluding hydrogens is 236 g/mol. The summed E-state index contributed by atoms with van der Waals surface area (Å²) in [4.78, 5) is 0. The Labute approximate surface area is 109 Å². The molecule has 94 valence electrons. The van der Waals surface area contributed by atoms with E-state index in [1.54, 1.807) is 0 Å². The third-order valence-corrected chi connectivity index (χ3v) is 3.59. The van der Waals surface area contributed by atoms with Gasteiger partial charge in [0.1, 0.15) is 0 Å². The lowest BCUT2D eigenvalue weighted by Crippen LogP contribution is -2.30. The molecule has 0 atom stereocenters. The van der Waals surface area contributed by atoms with Crippen LogP contribution in [0.5, 0.6) is 0 Å². The summed E-state index contributed by atoms with van der Waals surface area (Å²) in [7, 11) is -0.804. The Morgan fingerprint density at radius 2 is 2.00 bits per heavy atom. The summed E-state index contributed by atoms with van der Waals surface area (Å²) in [6.07, 6.45) is 1.74. The molecule has 0 amide bonds. The Balaban J connectivity index is 0.00000144. The fourth-order valence-corrected chi connectivity index (χ4v) is 2.50. The van der Waals surface area contributed by atoms with Gasteiger partial charge < -0.3 is 15.4 Å². The summed E-state index contributed by atoms with van der Waals surface area (Å²) < 4.78 is 5.73. The Morgan fingerprint density at radius 3 is 2.53 bits per heavy atom. The van der Waals surface area contributed by atoms with Crippen LogP contribution in [0.1, 0.15) is 37.8 Å². The first kappa shape index (κ1) is 14.5. The Kier molecular flexibility index (Phi) is 4.61. The highest BCUT2D eigenvalue weighted by Gasteiger charge is 2.44.